The predicted octanol–water partition coefficient (Wildman–Crippen LogP) is 1.99. The van der Waals surface area contributed by atoms with Crippen molar-refractivity contribution in [2.75, 3.05) is 27.1 Å². The Morgan fingerprint density at radius 1 is 0.955 bits per heavy atom. The summed E-state index contributed by atoms with van der Waals surface area (Å²) in [6.07, 6.45) is 0. The van der Waals surface area contributed by atoms with Gasteiger partial charge < -0.3 is 23.5 Å². The van der Waals surface area contributed by atoms with E-state index in [-0.39, 0.29) is 25.1 Å². The van der Waals surface area contributed by atoms with Crippen molar-refractivity contribution in [3.8, 4) is 5.75 Å². The summed E-state index contributed by atoms with van der Waals surface area (Å²) in [4.78, 5) is 0. The lowest BCUT2D eigenvalue weighted by Gasteiger charge is -2.32. The van der Waals surface area contributed by atoms with Gasteiger partial charge in [0, 0.05) is 7.11 Å². The quantitative estimate of drug-likeness (QED) is 0.438. The van der Waals surface area contributed by atoms with Gasteiger partial charge in [-0.15, -0.1) is 0 Å². The van der Waals surface area contributed by atoms with Crippen molar-refractivity contribution in [1.29, 1.82) is 0 Å². The fraction of sp³-hybridized carbons (Fsp3) is 0.625. The summed E-state index contributed by atoms with van der Waals surface area (Å²) in [5.41, 5.74) is 0.315. The maximum atomic E-state index is 6.01. The minimum atomic E-state index is -0.350. The average Bonchev–Trinajstić information content (AvgIpc) is 2.68. The topological polar surface area (TPSA) is 46.2 Å². The van der Waals surface area contributed by atoms with Gasteiger partial charge in [-0.2, -0.15) is 0 Å². The third-order valence-electron chi connectivity index (χ3n) is 4.15. The van der Waals surface area contributed by atoms with Gasteiger partial charge in [0.2, 0.25) is 0 Å². The Morgan fingerprint density at radius 2 is 1.55 bits per heavy atom. The van der Waals surface area contributed by atoms with Gasteiger partial charge in [0.15, 0.2) is 6.79 Å². The molecule has 5 nitrogen and oxygen atoms in total. The second-order valence-electron chi connectivity index (χ2n) is 6.32. The maximum Gasteiger partial charge on any atom is 0.494 e. The van der Waals surface area contributed by atoms with Crippen LogP contribution < -0.4 is 10.2 Å². The van der Waals surface area contributed by atoms with Crippen LogP contribution in [0.4, 0.5) is 0 Å². The molecule has 2 rings (SSSR count). The lowest BCUT2D eigenvalue weighted by molar-refractivity contribution is -0.00846. The molecule has 1 heterocycles. The van der Waals surface area contributed by atoms with Crippen molar-refractivity contribution in [2.24, 2.45) is 0 Å². The van der Waals surface area contributed by atoms with Crippen molar-refractivity contribution in [3.63, 3.8) is 0 Å². The number of hydrogen-bond donors (Lipinski definition) is 0. The first-order valence-corrected chi connectivity index (χ1v) is 7.51. The Hall–Kier alpha value is -1.08. The monoisotopic (exact) mass is 308 g/mol. The van der Waals surface area contributed by atoms with Crippen LogP contribution in [0.5, 0.6) is 5.75 Å². The van der Waals surface area contributed by atoms with Crippen LogP contribution in [0.15, 0.2) is 24.3 Å². The molecule has 0 unspecified atom stereocenters. The standard InChI is InChI=1S/C16H25BO5/c1-15(2)16(3,4)22-17(21-15)13-6-8-14(9-7-13)20-12-19-11-10-18-5/h6-9H,10-12H2,1-5H3. The molecular formula is C16H25BO5. The van der Waals surface area contributed by atoms with E-state index in [0.29, 0.717) is 13.2 Å². The van der Waals surface area contributed by atoms with E-state index in [1.54, 1.807) is 7.11 Å². The maximum absolute atomic E-state index is 6.01. The molecule has 22 heavy (non-hydrogen) atoms. The molecule has 0 saturated carbocycles. The third kappa shape index (κ3) is 4.01. The summed E-state index contributed by atoms with van der Waals surface area (Å²) in [5, 5.41) is 0. The van der Waals surface area contributed by atoms with Crippen LogP contribution in [0.1, 0.15) is 27.7 Å². The minimum absolute atomic E-state index is 0.208. The summed E-state index contributed by atoms with van der Waals surface area (Å²) < 4.78 is 27.7. The SMILES string of the molecule is COCCOCOc1ccc(B2OC(C)(C)C(C)(C)O2)cc1. The van der Waals surface area contributed by atoms with Gasteiger partial charge in [0.05, 0.1) is 24.4 Å². The second kappa shape index (κ2) is 7.00. The van der Waals surface area contributed by atoms with Crippen LogP contribution in [-0.4, -0.2) is 45.4 Å². The summed E-state index contributed by atoms with van der Waals surface area (Å²) in [6.45, 7) is 9.46. The van der Waals surface area contributed by atoms with Crippen molar-refractivity contribution in [1.82, 2.24) is 0 Å². The van der Waals surface area contributed by atoms with E-state index >= 15 is 0 Å². The molecule has 0 bridgehead atoms. The normalized spacial score (nSPS) is 19.4. The summed E-state index contributed by atoms with van der Waals surface area (Å²) in [5.74, 6) is 0.748. The molecule has 122 valence electrons. The fourth-order valence-electron chi connectivity index (χ4n) is 2.01. The third-order valence-corrected chi connectivity index (χ3v) is 4.15. The van der Waals surface area contributed by atoms with Gasteiger partial charge in [-0.1, -0.05) is 12.1 Å². The molecule has 0 N–H and O–H groups in total. The largest absolute Gasteiger partial charge is 0.494 e. The fourth-order valence-corrected chi connectivity index (χ4v) is 2.01. The van der Waals surface area contributed by atoms with E-state index in [2.05, 4.69) is 0 Å². The van der Waals surface area contributed by atoms with Crippen LogP contribution in [0.3, 0.4) is 0 Å². The molecular weight excluding hydrogens is 283 g/mol. The highest BCUT2D eigenvalue weighted by molar-refractivity contribution is 6.62. The average molecular weight is 308 g/mol. The molecule has 1 aromatic rings. The molecule has 6 heteroatoms. The molecule has 1 fully saturated rings. The molecule has 0 radical (unpaired) electrons. The van der Waals surface area contributed by atoms with Crippen molar-refractivity contribution < 1.29 is 23.5 Å². The molecule has 0 aliphatic carbocycles. The smallest absolute Gasteiger partial charge is 0.468 e. The first-order chi connectivity index (χ1) is 10.4. The highest BCUT2D eigenvalue weighted by Gasteiger charge is 2.51. The van der Waals surface area contributed by atoms with Crippen LogP contribution >= 0.6 is 0 Å². The van der Waals surface area contributed by atoms with Gasteiger partial charge in [-0.05, 0) is 45.3 Å². The molecule has 1 aliphatic rings. The lowest BCUT2D eigenvalue weighted by atomic mass is 9.79. The Labute approximate surface area is 133 Å². The molecule has 0 amide bonds. The Balaban J connectivity index is 1.87. The van der Waals surface area contributed by atoms with Gasteiger partial charge in [-0.25, -0.2) is 0 Å². The molecule has 0 aromatic heterocycles. The first kappa shape index (κ1) is 17.3. The van der Waals surface area contributed by atoms with Crippen molar-refractivity contribution in [3.05, 3.63) is 24.3 Å². The summed E-state index contributed by atoms with van der Waals surface area (Å²) >= 11 is 0. The summed E-state index contributed by atoms with van der Waals surface area (Å²) in [7, 11) is 1.29. The number of ether oxygens (including phenoxy) is 3. The van der Waals surface area contributed by atoms with Crippen molar-refractivity contribution in [2.45, 2.75) is 38.9 Å². The molecule has 0 spiro atoms. The van der Waals surface area contributed by atoms with Crippen LogP contribution in [-0.2, 0) is 18.8 Å². The minimum Gasteiger partial charge on any atom is -0.468 e. The lowest BCUT2D eigenvalue weighted by Crippen LogP contribution is -2.41. The van der Waals surface area contributed by atoms with Gasteiger partial charge in [0.25, 0.3) is 0 Å². The van der Waals surface area contributed by atoms with Crippen LogP contribution in [0.2, 0.25) is 0 Å². The van der Waals surface area contributed by atoms with Gasteiger partial charge in [0.1, 0.15) is 5.75 Å². The van der Waals surface area contributed by atoms with Gasteiger partial charge >= 0.3 is 7.12 Å². The van der Waals surface area contributed by atoms with E-state index in [9.17, 15) is 0 Å². The molecule has 1 aliphatic heterocycles. The molecule has 1 saturated heterocycles. The Morgan fingerprint density at radius 3 is 2.09 bits per heavy atom. The zero-order valence-corrected chi connectivity index (χ0v) is 14.0. The van der Waals surface area contributed by atoms with Crippen LogP contribution in [0.25, 0.3) is 0 Å². The number of benzene rings is 1. The highest BCUT2D eigenvalue weighted by Crippen LogP contribution is 2.36. The Bertz CT molecular complexity index is 456. The highest BCUT2D eigenvalue weighted by atomic mass is 16.7. The van der Waals surface area contributed by atoms with E-state index in [4.69, 9.17) is 23.5 Å². The second-order valence-corrected chi connectivity index (χ2v) is 6.32. The number of rotatable bonds is 7. The first-order valence-electron chi connectivity index (χ1n) is 7.51. The zero-order valence-electron chi connectivity index (χ0n) is 14.0. The van der Waals surface area contributed by atoms with E-state index in [1.807, 2.05) is 52.0 Å². The van der Waals surface area contributed by atoms with E-state index in [0.717, 1.165) is 11.2 Å². The van der Waals surface area contributed by atoms with E-state index < -0.39 is 0 Å². The zero-order chi connectivity index (χ0) is 16.2. The predicted molar refractivity (Wildman–Crippen MR) is 85.5 cm³/mol. The number of methoxy groups -OCH3 is 1. The molecule has 1 aromatic carbocycles. The van der Waals surface area contributed by atoms with E-state index in [1.165, 1.54) is 0 Å². The van der Waals surface area contributed by atoms with Crippen LogP contribution in [0, 0.1) is 0 Å². The number of hydrogen-bond acceptors (Lipinski definition) is 5. The van der Waals surface area contributed by atoms with Gasteiger partial charge in [-0.3, -0.25) is 0 Å². The Kier molecular flexibility index (Phi) is 5.50. The molecule has 0 atom stereocenters. The summed E-state index contributed by atoms with van der Waals surface area (Å²) in [6, 6.07) is 7.68. The van der Waals surface area contributed by atoms with Crippen molar-refractivity contribution >= 4 is 12.6 Å².